The molecule has 32 valence electrons. The van der Waals surface area contributed by atoms with Gasteiger partial charge in [-0.1, -0.05) is 0 Å². The maximum atomic E-state index is 8.25. The maximum Gasteiger partial charge on any atom is 1.00 e. The number of nitrogens with zero attached hydrogens (tertiary/aromatic N) is 1. The van der Waals surface area contributed by atoms with Crippen LogP contribution in [-0.2, 0) is 13.5 Å². The molecule has 0 atom stereocenters. The van der Waals surface area contributed by atoms with Gasteiger partial charge < -0.3 is 28.8 Å². The molecule has 0 heterocycles. The Labute approximate surface area is 63.4 Å². The van der Waals surface area contributed by atoms with E-state index in [1.54, 1.807) is 0 Å². The smallest absolute Gasteiger partial charge is 1.00 e. The number of rotatable bonds is 0. The summed E-state index contributed by atoms with van der Waals surface area (Å²) in [7, 11) is 0. The Kier molecular flexibility index (Phi) is 24.3. The summed E-state index contributed by atoms with van der Waals surface area (Å²) in [6.07, 6.45) is 0. The van der Waals surface area contributed by atoms with Crippen molar-refractivity contribution in [3.63, 3.8) is 0 Å². The molecule has 0 aliphatic heterocycles. The van der Waals surface area contributed by atoms with Crippen LogP contribution in [0.4, 0.5) is 0 Å². The van der Waals surface area contributed by atoms with Crippen LogP contribution in [0, 0.1) is 15.3 Å². The minimum atomic E-state index is -1.75. The van der Waals surface area contributed by atoms with Gasteiger partial charge in [0.1, 0.15) is 0 Å². The molecule has 0 N–H and O–H groups in total. The van der Waals surface area contributed by atoms with Crippen LogP contribution < -0.4 is 29.6 Å². The van der Waals surface area contributed by atoms with E-state index in [2.05, 4.69) is 0 Å². The van der Waals surface area contributed by atoms with Crippen LogP contribution in [0.2, 0.25) is 0 Å². The van der Waals surface area contributed by atoms with Crippen LogP contribution in [0.25, 0.3) is 0 Å². The molecule has 0 amide bonds. The van der Waals surface area contributed by atoms with Crippen molar-refractivity contribution in [2.75, 3.05) is 0 Å². The third kappa shape index (κ3) is 190. The van der Waals surface area contributed by atoms with Gasteiger partial charge in [-0.3, -0.25) is 0 Å². The molecule has 0 saturated carbocycles. The monoisotopic (exact) mass is 117 g/mol. The topological polar surface area (TPSA) is 66.2 Å². The van der Waals surface area contributed by atoms with Crippen LogP contribution in [0.15, 0.2) is 0 Å². The normalized spacial score (nSPS) is 4.00. The second kappa shape index (κ2) is 9.12. The summed E-state index contributed by atoms with van der Waals surface area (Å²) < 4.78 is 0. The van der Waals surface area contributed by atoms with Gasteiger partial charge in [0.15, 0.2) is 0 Å². The van der Waals surface area contributed by atoms with E-state index >= 15 is 0 Å². The first-order valence-corrected chi connectivity index (χ1v) is 0.548. The Bertz CT molecular complexity index is 33.8. The zero-order valence-corrected chi connectivity index (χ0v) is 5.90. The number of hydrogen-bond acceptors (Lipinski definition) is 3. The SMILES string of the molecule is O=[N+]([O-])[O-].[Na+].[S-2]. The first kappa shape index (κ1) is 16.0. The van der Waals surface area contributed by atoms with Gasteiger partial charge in [-0.15, -0.1) is 0 Å². The third-order valence-electron chi connectivity index (χ3n) is 0. The molecule has 0 radical (unpaired) electrons. The van der Waals surface area contributed by atoms with Gasteiger partial charge in [-0.25, -0.2) is 0 Å². The minimum Gasteiger partial charge on any atom is -2.00 e. The Hall–Kier alpha value is 0.550. The molecule has 0 aromatic rings. The summed E-state index contributed by atoms with van der Waals surface area (Å²) in [5.41, 5.74) is 0. The van der Waals surface area contributed by atoms with Gasteiger partial charge in [0.05, 0.1) is 5.09 Å². The predicted molar refractivity (Wildman–Crippen MR) is 17.7 cm³/mol. The molecule has 0 spiro atoms. The summed E-state index contributed by atoms with van der Waals surface area (Å²) in [5.74, 6) is 0. The predicted octanol–water partition coefficient (Wildman–Crippen LogP) is -3.24. The van der Waals surface area contributed by atoms with Gasteiger partial charge in [-0.05, 0) is 0 Å². The van der Waals surface area contributed by atoms with Crippen LogP contribution in [-0.4, -0.2) is 5.09 Å². The van der Waals surface area contributed by atoms with Crippen molar-refractivity contribution in [3.05, 3.63) is 15.3 Å². The zero-order chi connectivity index (χ0) is 3.58. The molecule has 0 saturated heterocycles. The molecule has 6 heteroatoms. The molecule has 0 aliphatic carbocycles. The summed E-state index contributed by atoms with van der Waals surface area (Å²) in [6.45, 7) is 0. The van der Waals surface area contributed by atoms with E-state index in [-0.39, 0.29) is 43.1 Å². The van der Waals surface area contributed by atoms with E-state index in [1.807, 2.05) is 0 Å². The number of hydrogen-bond donors (Lipinski definition) is 0. The standard InChI is InChI=1S/NO3.Na.S/c2-1(3)4;;/q-1;+1;-2. The second-order valence-corrected chi connectivity index (χ2v) is 0.224. The second-order valence-electron chi connectivity index (χ2n) is 0.224. The Morgan fingerprint density at radius 2 is 1.33 bits per heavy atom. The fourth-order valence-corrected chi connectivity index (χ4v) is 0. The van der Waals surface area contributed by atoms with Crippen molar-refractivity contribution >= 4 is 13.5 Å². The van der Waals surface area contributed by atoms with Crippen molar-refractivity contribution in [2.24, 2.45) is 0 Å². The molecule has 0 unspecified atom stereocenters. The largest absolute Gasteiger partial charge is 2.00 e. The molecular formula is NNaO3S-2. The quantitative estimate of drug-likeness (QED) is 0.190. The third-order valence-corrected chi connectivity index (χ3v) is 0. The molecule has 0 bridgehead atoms. The fraction of sp³-hybridized carbons (Fsp3) is 0. The minimum absolute atomic E-state index is 0. The molecule has 0 aromatic carbocycles. The fourth-order valence-electron chi connectivity index (χ4n) is 0. The first-order valence-electron chi connectivity index (χ1n) is 0.548. The van der Waals surface area contributed by atoms with E-state index < -0.39 is 5.09 Å². The van der Waals surface area contributed by atoms with Gasteiger partial charge in [-0.2, -0.15) is 0 Å². The molecule has 0 fully saturated rings. The summed E-state index contributed by atoms with van der Waals surface area (Å²) in [5, 5.41) is 14.8. The molecule has 6 heavy (non-hydrogen) atoms. The molecule has 4 nitrogen and oxygen atoms in total. The van der Waals surface area contributed by atoms with Crippen LogP contribution >= 0.6 is 0 Å². The van der Waals surface area contributed by atoms with Crippen LogP contribution in [0.5, 0.6) is 0 Å². The average molecular weight is 117 g/mol. The van der Waals surface area contributed by atoms with Crippen LogP contribution in [0.1, 0.15) is 0 Å². The van der Waals surface area contributed by atoms with E-state index in [1.165, 1.54) is 0 Å². The molecular weight excluding hydrogens is 117 g/mol. The van der Waals surface area contributed by atoms with Gasteiger partial charge >= 0.3 is 29.6 Å². The molecule has 0 rings (SSSR count). The Balaban J connectivity index is -0.0000000450. The maximum absolute atomic E-state index is 8.25. The van der Waals surface area contributed by atoms with Gasteiger partial charge in [0.25, 0.3) is 0 Å². The first-order chi connectivity index (χ1) is 1.73. The Morgan fingerprint density at radius 1 is 1.33 bits per heavy atom. The molecule has 0 aromatic heterocycles. The van der Waals surface area contributed by atoms with Gasteiger partial charge in [0, 0.05) is 0 Å². The van der Waals surface area contributed by atoms with Crippen molar-refractivity contribution < 1.29 is 34.6 Å². The summed E-state index contributed by atoms with van der Waals surface area (Å²) >= 11 is 0. The van der Waals surface area contributed by atoms with Gasteiger partial charge in [0.2, 0.25) is 0 Å². The van der Waals surface area contributed by atoms with Crippen LogP contribution in [0.3, 0.4) is 0 Å². The zero-order valence-electron chi connectivity index (χ0n) is 3.08. The van der Waals surface area contributed by atoms with E-state index in [9.17, 15) is 0 Å². The average Bonchev–Trinajstić information content (AvgIpc) is 0.811. The Morgan fingerprint density at radius 3 is 1.33 bits per heavy atom. The van der Waals surface area contributed by atoms with Crippen molar-refractivity contribution in [1.29, 1.82) is 0 Å². The van der Waals surface area contributed by atoms with Crippen molar-refractivity contribution in [2.45, 2.75) is 0 Å². The van der Waals surface area contributed by atoms with E-state index in [0.717, 1.165) is 0 Å². The van der Waals surface area contributed by atoms with Crippen molar-refractivity contribution in [1.82, 2.24) is 0 Å². The van der Waals surface area contributed by atoms with E-state index in [4.69, 9.17) is 15.3 Å². The summed E-state index contributed by atoms with van der Waals surface area (Å²) in [6, 6.07) is 0. The van der Waals surface area contributed by atoms with E-state index in [0.29, 0.717) is 0 Å². The summed E-state index contributed by atoms with van der Waals surface area (Å²) in [4.78, 5) is 8.25. The van der Waals surface area contributed by atoms with Crippen molar-refractivity contribution in [3.8, 4) is 0 Å². The molecule has 0 aliphatic rings.